The molecule has 2 aromatic carbocycles. The molecule has 1 heterocycles. The first-order valence-electron chi connectivity index (χ1n) is 9.30. The third kappa shape index (κ3) is 5.11. The van der Waals surface area contributed by atoms with Gasteiger partial charge in [0.2, 0.25) is 11.3 Å². The minimum absolute atomic E-state index is 0.0586. The van der Waals surface area contributed by atoms with Crippen LogP contribution in [0.4, 0.5) is 16.2 Å². The number of hydrogen-bond donors (Lipinski definition) is 3. The quantitative estimate of drug-likeness (QED) is 0.655. The van der Waals surface area contributed by atoms with Crippen molar-refractivity contribution in [1.82, 2.24) is 5.32 Å². The number of carbonyl (C=O) groups excluding carboxylic acids is 2. The van der Waals surface area contributed by atoms with Crippen LogP contribution in [0.5, 0.6) is 0 Å². The number of aliphatic hydroxyl groups is 1. The van der Waals surface area contributed by atoms with E-state index in [4.69, 9.17) is 9.84 Å². The van der Waals surface area contributed by atoms with Crippen LogP contribution in [-0.4, -0.2) is 49.5 Å². The van der Waals surface area contributed by atoms with E-state index in [0.29, 0.717) is 24.5 Å². The van der Waals surface area contributed by atoms with Crippen molar-refractivity contribution in [2.45, 2.75) is 13.0 Å². The number of anilines is 2. The Kier molecular flexibility index (Phi) is 6.46. The first kappa shape index (κ1) is 20.3. The van der Waals surface area contributed by atoms with Crippen molar-refractivity contribution >= 4 is 23.4 Å². The van der Waals surface area contributed by atoms with Gasteiger partial charge >= 0.3 is 6.09 Å². The van der Waals surface area contributed by atoms with E-state index >= 15 is 0 Å². The van der Waals surface area contributed by atoms with Gasteiger partial charge in [0.05, 0.1) is 25.4 Å². The highest BCUT2D eigenvalue weighted by Gasteiger charge is 2.32. The Morgan fingerprint density at radius 1 is 1.10 bits per heavy atom. The van der Waals surface area contributed by atoms with Gasteiger partial charge in [-0.1, -0.05) is 24.3 Å². The molecule has 0 spiro atoms. The molecule has 2 amide bonds. The van der Waals surface area contributed by atoms with Crippen LogP contribution < -0.4 is 21.0 Å². The first-order chi connectivity index (χ1) is 14.0. The maximum Gasteiger partial charge on any atom is 0.414 e. The van der Waals surface area contributed by atoms with Crippen molar-refractivity contribution < 1.29 is 19.4 Å². The lowest BCUT2D eigenvalue weighted by molar-refractivity contribution is -0.119. The SMILES string of the molecule is CC(=O)NCC1CN(c2ccc(-c3ccc(NCCO)c(=O)cc3)cc2)C(=O)O1. The van der Waals surface area contributed by atoms with Gasteiger partial charge in [0.1, 0.15) is 6.10 Å². The molecule has 1 fully saturated rings. The zero-order valence-corrected chi connectivity index (χ0v) is 16.1. The fourth-order valence-electron chi connectivity index (χ4n) is 3.03. The summed E-state index contributed by atoms with van der Waals surface area (Å²) in [5.74, 6) is -0.171. The summed E-state index contributed by atoms with van der Waals surface area (Å²) in [5, 5.41) is 14.4. The number of nitrogens with one attached hydrogen (secondary N) is 2. The molecule has 3 N–H and O–H groups in total. The highest BCUT2D eigenvalue weighted by molar-refractivity contribution is 5.90. The molecule has 29 heavy (non-hydrogen) atoms. The number of amides is 2. The summed E-state index contributed by atoms with van der Waals surface area (Å²) in [7, 11) is 0. The monoisotopic (exact) mass is 397 g/mol. The van der Waals surface area contributed by atoms with Crippen LogP contribution in [0.3, 0.4) is 0 Å². The molecule has 1 saturated heterocycles. The summed E-state index contributed by atoms with van der Waals surface area (Å²) in [5.41, 5.74) is 2.69. The smallest absolute Gasteiger partial charge is 0.414 e. The lowest BCUT2D eigenvalue weighted by Gasteiger charge is -2.13. The second kappa shape index (κ2) is 9.20. The molecule has 0 bridgehead atoms. The Morgan fingerprint density at radius 2 is 1.76 bits per heavy atom. The van der Waals surface area contributed by atoms with Gasteiger partial charge in [0.15, 0.2) is 0 Å². The summed E-state index contributed by atoms with van der Waals surface area (Å²) in [6.45, 7) is 2.30. The second-order valence-corrected chi connectivity index (χ2v) is 6.65. The Balaban J connectivity index is 1.73. The topological polar surface area (TPSA) is 108 Å². The van der Waals surface area contributed by atoms with E-state index < -0.39 is 6.09 Å². The molecule has 0 aromatic heterocycles. The standard InChI is InChI=1S/C21H23N3O5/c1-14(26)23-12-18-13-24(21(28)29-18)17-6-2-15(3-7-17)16-4-8-19(22-10-11-25)20(27)9-5-16/h2-9,18,25H,10-13H2,1H3,(H,22,27)(H,23,26). The zero-order valence-electron chi connectivity index (χ0n) is 16.1. The van der Waals surface area contributed by atoms with E-state index in [1.54, 1.807) is 12.1 Å². The van der Waals surface area contributed by atoms with E-state index in [0.717, 1.165) is 11.1 Å². The maximum absolute atomic E-state index is 12.1. The van der Waals surface area contributed by atoms with Gasteiger partial charge in [-0.15, -0.1) is 0 Å². The van der Waals surface area contributed by atoms with Gasteiger partial charge in [0, 0.05) is 19.2 Å². The molecule has 0 radical (unpaired) electrons. The molecular weight excluding hydrogens is 374 g/mol. The van der Waals surface area contributed by atoms with Crippen LogP contribution in [0.15, 0.2) is 53.3 Å². The van der Waals surface area contributed by atoms with Crippen molar-refractivity contribution in [3.63, 3.8) is 0 Å². The van der Waals surface area contributed by atoms with Crippen molar-refractivity contribution in [1.29, 1.82) is 0 Å². The number of hydrogen-bond acceptors (Lipinski definition) is 6. The maximum atomic E-state index is 12.1. The average Bonchev–Trinajstić information content (AvgIpc) is 2.98. The van der Waals surface area contributed by atoms with E-state index in [-0.39, 0.29) is 30.6 Å². The van der Waals surface area contributed by atoms with Crippen LogP contribution in [0, 0.1) is 0 Å². The van der Waals surface area contributed by atoms with Crippen LogP contribution >= 0.6 is 0 Å². The summed E-state index contributed by atoms with van der Waals surface area (Å²) >= 11 is 0. The fraction of sp³-hybridized carbons (Fsp3) is 0.286. The van der Waals surface area contributed by atoms with Crippen LogP contribution in [-0.2, 0) is 9.53 Å². The van der Waals surface area contributed by atoms with Gasteiger partial charge in [-0.05, 0) is 35.4 Å². The number of ether oxygens (including phenoxy) is 1. The summed E-state index contributed by atoms with van der Waals surface area (Å²) in [6, 6.07) is 14.1. The Labute approximate surface area is 168 Å². The van der Waals surface area contributed by atoms with Gasteiger partial charge in [-0.2, -0.15) is 0 Å². The normalized spacial score (nSPS) is 15.7. The molecule has 8 heteroatoms. The molecule has 1 aliphatic heterocycles. The first-order valence-corrected chi connectivity index (χ1v) is 9.30. The fourth-order valence-corrected chi connectivity index (χ4v) is 3.03. The number of rotatable bonds is 7. The van der Waals surface area contributed by atoms with E-state index in [2.05, 4.69) is 10.6 Å². The molecule has 0 saturated carbocycles. The van der Waals surface area contributed by atoms with Gasteiger partial charge < -0.3 is 20.5 Å². The largest absolute Gasteiger partial charge is 0.442 e. The van der Waals surface area contributed by atoms with Gasteiger partial charge in [0.25, 0.3) is 0 Å². The van der Waals surface area contributed by atoms with Crippen molar-refractivity contribution in [2.24, 2.45) is 0 Å². The minimum atomic E-state index is -0.449. The second-order valence-electron chi connectivity index (χ2n) is 6.65. The molecule has 2 aromatic rings. The number of carbonyl (C=O) groups is 2. The zero-order chi connectivity index (χ0) is 20.8. The Morgan fingerprint density at radius 3 is 2.41 bits per heavy atom. The third-order valence-corrected chi connectivity index (χ3v) is 4.50. The predicted octanol–water partition coefficient (Wildman–Crippen LogP) is 1.58. The molecule has 152 valence electrons. The van der Waals surface area contributed by atoms with Crippen molar-refractivity contribution in [3.8, 4) is 11.1 Å². The van der Waals surface area contributed by atoms with E-state index in [1.807, 2.05) is 30.3 Å². The number of nitrogens with zero attached hydrogens (tertiary/aromatic N) is 1. The highest BCUT2D eigenvalue weighted by Crippen LogP contribution is 2.26. The highest BCUT2D eigenvalue weighted by atomic mass is 16.6. The molecule has 1 atom stereocenters. The summed E-state index contributed by atoms with van der Waals surface area (Å²) in [4.78, 5) is 36.7. The van der Waals surface area contributed by atoms with Gasteiger partial charge in [-0.25, -0.2) is 4.79 Å². The molecular formula is C21H23N3O5. The van der Waals surface area contributed by atoms with Crippen molar-refractivity contribution in [3.05, 3.63) is 58.8 Å². The average molecular weight is 397 g/mol. The molecule has 3 rings (SSSR count). The number of aliphatic hydroxyl groups excluding tert-OH is 1. The van der Waals surface area contributed by atoms with Crippen LogP contribution in [0.1, 0.15) is 6.92 Å². The lowest BCUT2D eigenvalue weighted by Crippen LogP contribution is -2.33. The molecule has 8 nitrogen and oxygen atoms in total. The van der Waals surface area contributed by atoms with Crippen LogP contribution in [0.25, 0.3) is 11.1 Å². The van der Waals surface area contributed by atoms with Crippen LogP contribution in [0.2, 0.25) is 0 Å². The lowest BCUT2D eigenvalue weighted by atomic mass is 10.1. The van der Waals surface area contributed by atoms with E-state index in [9.17, 15) is 14.4 Å². The minimum Gasteiger partial charge on any atom is -0.442 e. The molecule has 1 unspecified atom stereocenters. The summed E-state index contributed by atoms with van der Waals surface area (Å²) in [6.07, 6.45) is -0.839. The predicted molar refractivity (Wildman–Crippen MR) is 110 cm³/mol. The third-order valence-electron chi connectivity index (χ3n) is 4.50. The number of benzene rings is 1. The number of cyclic esters (lactones) is 1. The summed E-state index contributed by atoms with van der Waals surface area (Å²) < 4.78 is 5.28. The molecule has 0 aliphatic carbocycles. The Hall–Kier alpha value is -3.39. The van der Waals surface area contributed by atoms with Gasteiger partial charge in [-0.3, -0.25) is 14.5 Å². The Bertz CT molecular complexity index is 946. The van der Waals surface area contributed by atoms with E-state index in [1.165, 1.54) is 17.9 Å². The molecule has 1 aliphatic rings. The van der Waals surface area contributed by atoms with Crippen molar-refractivity contribution in [2.75, 3.05) is 36.5 Å².